The van der Waals surface area contributed by atoms with Gasteiger partial charge in [-0.1, -0.05) is 17.3 Å². The molecule has 0 N–H and O–H groups in total. The molecule has 0 amide bonds. The van der Waals surface area contributed by atoms with Gasteiger partial charge in [-0.3, -0.25) is 0 Å². The highest BCUT2D eigenvalue weighted by atomic mass is 19.1. The van der Waals surface area contributed by atoms with E-state index < -0.39 is 0 Å². The molecular formula is C19H19FN4O2. The lowest BCUT2D eigenvalue weighted by Crippen LogP contribution is -2.43. The van der Waals surface area contributed by atoms with E-state index in [1.807, 2.05) is 19.1 Å². The van der Waals surface area contributed by atoms with Crippen molar-refractivity contribution < 1.29 is 13.7 Å². The number of hydrogen-bond acceptors (Lipinski definition) is 6. The zero-order valence-electron chi connectivity index (χ0n) is 14.6. The summed E-state index contributed by atoms with van der Waals surface area (Å²) in [4.78, 5) is 10.9. The number of rotatable bonds is 3. The Balaban J connectivity index is 1.59. The maximum atomic E-state index is 13.2. The summed E-state index contributed by atoms with van der Waals surface area (Å²) in [6.07, 6.45) is 1.61. The lowest BCUT2D eigenvalue weighted by atomic mass is 10.1. The molecule has 134 valence electrons. The summed E-state index contributed by atoms with van der Waals surface area (Å²) in [6.45, 7) is 5.16. The number of hydrogen-bond donors (Lipinski definition) is 0. The molecule has 0 spiro atoms. The topological polar surface area (TPSA) is 64.3 Å². The van der Waals surface area contributed by atoms with E-state index in [2.05, 4.69) is 20.0 Å². The molecule has 0 aliphatic carbocycles. The van der Waals surface area contributed by atoms with Gasteiger partial charge >= 0.3 is 0 Å². The van der Waals surface area contributed by atoms with Crippen LogP contribution in [0.4, 0.5) is 10.2 Å². The number of morpholine rings is 1. The minimum absolute atomic E-state index is 0.0231. The van der Waals surface area contributed by atoms with Crippen LogP contribution in [0.25, 0.3) is 11.5 Å². The van der Waals surface area contributed by atoms with Gasteiger partial charge in [0.25, 0.3) is 5.89 Å². The summed E-state index contributed by atoms with van der Waals surface area (Å²) in [5, 5.41) is 3.84. The van der Waals surface area contributed by atoms with Gasteiger partial charge in [0.2, 0.25) is 0 Å². The van der Waals surface area contributed by atoms with Crippen molar-refractivity contribution in [3.8, 4) is 11.5 Å². The van der Waals surface area contributed by atoms with Crippen molar-refractivity contribution in [2.24, 2.45) is 0 Å². The first kappa shape index (κ1) is 16.7. The molecule has 2 aromatic heterocycles. The normalized spacial score (nSPS) is 20.3. The van der Waals surface area contributed by atoms with Crippen LogP contribution in [0.5, 0.6) is 0 Å². The Morgan fingerprint density at radius 3 is 2.69 bits per heavy atom. The highest BCUT2D eigenvalue weighted by molar-refractivity contribution is 5.58. The molecule has 3 aromatic rings. The summed E-state index contributed by atoms with van der Waals surface area (Å²) in [7, 11) is 0. The molecule has 7 heteroatoms. The molecule has 1 aliphatic rings. The molecule has 6 nitrogen and oxygen atoms in total. The molecule has 1 aromatic carbocycles. The van der Waals surface area contributed by atoms with Crippen LogP contribution in [0.15, 0.2) is 47.1 Å². The van der Waals surface area contributed by atoms with Crippen LogP contribution < -0.4 is 4.90 Å². The second-order valence-corrected chi connectivity index (χ2v) is 6.44. The first-order valence-corrected chi connectivity index (χ1v) is 8.51. The molecular weight excluding hydrogens is 335 g/mol. The molecule has 1 saturated heterocycles. The average molecular weight is 354 g/mol. The van der Waals surface area contributed by atoms with Crippen molar-refractivity contribution in [3.05, 3.63) is 59.8 Å². The van der Waals surface area contributed by atoms with E-state index in [0.717, 1.165) is 23.5 Å². The number of aryl methyl sites for hydroxylation is 1. The van der Waals surface area contributed by atoms with Gasteiger partial charge in [-0.05, 0) is 43.7 Å². The monoisotopic (exact) mass is 354 g/mol. The number of aromatic nitrogens is 3. The minimum Gasteiger partial charge on any atom is -0.367 e. The van der Waals surface area contributed by atoms with Gasteiger partial charge in [0.15, 0.2) is 5.82 Å². The number of nitrogens with zero attached hydrogens (tertiary/aromatic N) is 4. The molecule has 3 heterocycles. The van der Waals surface area contributed by atoms with Gasteiger partial charge < -0.3 is 14.2 Å². The Labute approximate surface area is 150 Å². The van der Waals surface area contributed by atoms with E-state index in [9.17, 15) is 4.39 Å². The zero-order valence-corrected chi connectivity index (χ0v) is 14.6. The summed E-state index contributed by atoms with van der Waals surface area (Å²) in [6, 6.07) is 10.2. The third-order valence-corrected chi connectivity index (χ3v) is 4.35. The third-order valence-electron chi connectivity index (χ3n) is 4.35. The lowest BCUT2D eigenvalue weighted by molar-refractivity contribution is -0.0176. The fourth-order valence-electron chi connectivity index (χ4n) is 3.14. The number of halogens is 1. The number of benzene rings is 1. The van der Waals surface area contributed by atoms with Gasteiger partial charge in [0.05, 0.1) is 6.10 Å². The highest BCUT2D eigenvalue weighted by Crippen LogP contribution is 2.29. The van der Waals surface area contributed by atoms with Crippen molar-refractivity contribution in [1.82, 2.24) is 15.1 Å². The average Bonchev–Trinajstić information content (AvgIpc) is 3.08. The zero-order chi connectivity index (χ0) is 18.1. The van der Waals surface area contributed by atoms with Crippen molar-refractivity contribution in [3.63, 3.8) is 0 Å². The van der Waals surface area contributed by atoms with Crippen molar-refractivity contribution in [2.75, 3.05) is 18.0 Å². The van der Waals surface area contributed by atoms with Crippen molar-refractivity contribution in [2.45, 2.75) is 26.1 Å². The third kappa shape index (κ3) is 3.43. The number of ether oxygens (including phenoxy) is 1. The second kappa shape index (κ2) is 6.84. The lowest BCUT2D eigenvalue weighted by Gasteiger charge is -2.37. The van der Waals surface area contributed by atoms with E-state index in [1.54, 1.807) is 25.3 Å². The van der Waals surface area contributed by atoms with Crippen LogP contribution in [0.3, 0.4) is 0 Å². The van der Waals surface area contributed by atoms with E-state index >= 15 is 0 Å². The van der Waals surface area contributed by atoms with E-state index in [4.69, 9.17) is 9.26 Å². The van der Waals surface area contributed by atoms with Crippen LogP contribution in [0.2, 0.25) is 0 Å². The summed E-state index contributed by atoms with van der Waals surface area (Å²) in [5.41, 5.74) is 1.78. The van der Waals surface area contributed by atoms with E-state index in [0.29, 0.717) is 18.3 Å². The maximum Gasteiger partial charge on any atom is 0.258 e. The Kier molecular flexibility index (Phi) is 4.38. The van der Waals surface area contributed by atoms with E-state index in [-0.39, 0.29) is 18.0 Å². The highest BCUT2D eigenvalue weighted by Gasteiger charge is 2.27. The molecule has 1 aliphatic heterocycles. The maximum absolute atomic E-state index is 13.2. The number of anilines is 1. The summed E-state index contributed by atoms with van der Waals surface area (Å²) < 4.78 is 24.5. The van der Waals surface area contributed by atoms with Crippen molar-refractivity contribution >= 4 is 5.82 Å². The van der Waals surface area contributed by atoms with Crippen LogP contribution in [0, 0.1) is 12.7 Å². The Hall–Kier alpha value is -2.80. The van der Waals surface area contributed by atoms with Crippen molar-refractivity contribution in [1.29, 1.82) is 0 Å². The van der Waals surface area contributed by atoms with Gasteiger partial charge in [0.1, 0.15) is 17.7 Å². The standard InChI is InChI=1S/C19H19FN4O2/c1-12-10-24(11-17(25-12)14-3-5-16(20)6-4-14)18-9-15(7-8-21-18)19-22-13(2)23-26-19/h3-9,12,17H,10-11H2,1-2H3. The molecule has 26 heavy (non-hydrogen) atoms. The largest absolute Gasteiger partial charge is 0.367 e. The Morgan fingerprint density at radius 2 is 1.96 bits per heavy atom. The quantitative estimate of drug-likeness (QED) is 0.717. The van der Waals surface area contributed by atoms with E-state index in [1.165, 1.54) is 12.1 Å². The molecule has 2 atom stereocenters. The van der Waals surface area contributed by atoms with Crippen LogP contribution in [-0.2, 0) is 4.74 Å². The number of pyridine rings is 1. The van der Waals surface area contributed by atoms with Gasteiger partial charge in [-0.15, -0.1) is 0 Å². The molecule has 0 bridgehead atoms. The fourth-order valence-corrected chi connectivity index (χ4v) is 3.14. The minimum atomic E-state index is -0.251. The molecule has 2 unspecified atom stereocenters. The first-order chi connectivity index (χ1) is 12.6. The van der Waals surface area contributed by atoms with Crippen LogP contribution in [-0.4, -0.2) is 34.3 Å². The first-order valence-electron chi connectivity index (χ1n) is 8.51. The van der Waals surface area contributed by atoms with Gasteiger partial charge in [-0.25, -0.2) is 9.37 Å². The van der Waals surface area contributed by atoms with Crippen LogP contribution >= 0.6 is 0 Å². The molecule has 0 saturated carbocycles. The molecule has 0 radical (unpaired) electrons. The SMILES string of the molecule is Cc1noc(-c2ccnc(N3CC(C)OC(c4ccc(F)cc4)C3)c2)n1. The molecule has 1 fully saturated rings. The Morgan fingerprint density at radius 1 is 1.15 bits per heavy atom. The second-order valence-electron chi connectivity index (χ2n) is 6.44. The Bertz CT molecular complexity index is 897. The van der Waals surface area contributed by atoms with Crippen LogP contribution in [0.1, 0.15) is 24.4 Å². The summed E-state index contributed by atoms with van der Waals surface area (Å²) in [5.74, 6) is 1.64. The van der Waals surface area contributed by atoms with Gasteiger partial charge in [0, 0.05) is 24.8 Å². The molecule has 4 rings (SSSR count). The predicted octanol–water partition coefficient (Wildman–Crippen LogP) is 3.55. The fraction of sp³-hybridized carbons (Fsp3) is 0.316. The summed E-state index contributed by atoms with van der Waals surface area (Å²) >= 11 is 0. The smallest absolute Gasteiger partial charge is 0.258 e. The predicted molar refractivity (Wildman–Crippen MR) is 94.2 cm³/mol. The van der Waals surface area contributed by atoms with Gasteiger partial charge in [-0.2, -0.15) is 4.98 Å².